The van der Waals surface area contributed by atoms with Crippen LogP contribution < -0.4 is 9.80 Å². The highest BCUT2D eigenvalue weighted by atomic mass is 15.3. The molecule has 27 heavy (non-hydrogen) atoms. The maximum absolute atomic E-state index is 5.00. The van der Waals surface area contributed by atoms with Gasteiger partial charge in [0.1, 0.15) is 5.82 Å². The van der Waals surface area contributed by atoms with Gasteiger partial charge in [0, 0.05) is 31.9 Å². The molecule has 146 valence electrons. The molecule has 0 aliphatic carbocycles. The summed E-state index contributed by atoms with van der Waals surface area (Å²) in [6.07, 6.45) is 10.9. The Hall–Kier alpha value is -2.37. The number of anilines is 2. The van der Waals surface area contributed by atoms with Crippen LogP contribution in [0, 0.1) is 0 Å². The first-order chi connectivity index (χ1) is 13.3. The summed E-state index contributed by atoms with van der Waals surface area (Å²) in [7, 11) is 0. The van der Waals surface area contributed by atoms with Crippen LogP contribution in [0.15, 0.2) is 23.8 Å². The first kappa shape index (κ1) is 19.4. The van der Waals surface area contributed by atoms with Crippen molar-refractivity contribution in [1.82, 2.24) is 20.2 Å². The SMILES string of the molecule is C/C=C\C=C(/C)CN1CCCc2[nH]nc3nc(N4CCCC4)nc1c23.CC. The molecule has 2 aromatic heterocycles. The predicted molar refractivity (Wildman–Crippen MR) is 114 cm³/mol. The minimum Gasteiger partial charge on any atom is -0.352 e. The van der Waals surface area contributed by atoms with E-state index >= 15 is 0 Å². The van der Waals surface area contributed by atoms with Crippen molar-refractivity contribution in [3.05, 3.63) is 29.5 Å². The summed E-state index contributed by atoms with van der Waals surface area (Å²) in [5.74, 6) is 1.88. The normalized spacial score (nSPS) is 17.4. The van der Waals surface area contributed by atoms with Crippen molar-refractivity contribution in [2.24, 2.45) is 0 Å². The van der Waals surface area contributed by atoms with Crippen molar-refractivity contribution in [2.75, 3.05) is 36.0 Å². The number of nitrogens with one attached hydrogen (secondary N) is 1. The molecule has 0 radical (unpaired) electrons. The Morgan fingerprint density at radius 2 is 1.89 bits per heavy atom. The van der Waals surface area contributed by atoms with Crippen LogP contribution in [0.25, 0.3) is 11.0 Å². The molecule has 6 heteroatoms. The Morgan fingerprint density at radius 1 is 1.11 bits per heavy atom. The number of allylic oxidation sites excluding steroid dienone is 3. The Bertz CT molecular complexity index is 813. The number of hydrogen-bond donors (Lipinski definition) is 1. The molecule has 1 fully saturated rings. The largest absolute Gasteiger partial charge is 0.352 e. The van der Waals surface area contributed by atoms with E-state index in [1.54, 1.807) is 0 Å². The van der Waals surface area contributed by atoms with Crippen molar-refractivity contribution in [3.63, 3.8) is 0 Å². The average Bonchev–Trinajstić information content (AvgIpc) is 3.33. The smallest absolute Gasteiger partial charge is 0.229 e. The molecule has 2 aromatic rings. The molecule has 4 rings (SSSR count). The molecule has 0 unspecified atom stereocenters. The molecule has 1 N–H and O–H groups in total. The van der Waals surface area contributed by atoms with Gasteiger partial charge in [-0.25, -0.2) is 0 Å². The van der Waals surface area contributed by atoms with Crippen LogP contribution in [0.5, 0.6) is 0 Å². The van der Waals surface area contributed by atoms with Gasteiger partial charge in [-0.1, -0.05) is 37.6 Å². The molecule has 0 saturated carbocycles. The van der Waals surface area contributed by atoms with E-state index in [2.05, 4.69) is 45.1 Å². The molecule has 4 heterocycles. The van der Waals surface area contributed by atoms with Crippen LogP contribution in [-0.2, 0) is 6.42 Å². The van der Waals surface area contributed by atoms with E-state index in [-0.39, 0.29) is 0 Å². The second kappa shape index (κ2) is 9.02. The molecule has 0 amide bonds. The van der Waals surface area contributed by atoms with Crippen molar-refractivity contribution in [3.8, 4) is 0 Å². The summed E-state index contributed by atoms with van der Waals surface area (Å²) < 4.78 is 0. The topological polar surface area (TPSA) is 60.9 Å². The molecule has 1 saturated heterocycles. The molecule has 0 spiro atoms. The molecule has 6 nitrogen and oxygen atoms in total. The van der Waals surface area contributed by atoms with E-state index in [0.29, 0.717) is 0 Å². The number of aromatic amines is 1. The zero-order valence-corrected chi connectivity index (χ0v) is 17.1. The quantitative estimate of drug-likeness (QED) is 0.817. The summed E-state index contributed by atoms with van der Waals surface area (Å²) in [4.78, 5) is 14.4. The predicted octanol–water partition coefficient (Wildman–Crippen LogP) is 4.25. The number of aryl methyl sites for hydroxylation is 1. The molecule has 0 atom stereocenters. The lowest BCUT2D eigenvalue weighted by Gasteiger charge is -2.25. The van der Waals surface area contributed by atoms with Crippen LogP contribution in [0.4, 0.5) is 11.8 Å². The van der Waals surface area contributed by atoms with Crippen molar-refractivity contribution < 1.29 is 0 Å². The standard InChI is InChI=1S/C19H26N6.C2H6/c1-3-4-8-14(2)13-25-12-7-9-15-16-17(23-22-15)20-19(21-18(16)25)24-10-5-6-11-24;1-2/h3-4,8H,5-7,9-13H2,1-2H3,(H,20,21,22,23);1-2H3/b4-3-,14-8+;. The summed E-state index contributed by atoms with van der Waals surface area (Å²) in [6, 6.07) is 0. The second-order valence-electron chi connectivity index (χ2n) is 7.01. The minimum atomic E-state index is 0.809. The zero-order chi connectivity index (χ0) is 19.2. The van der Waals surface area contributed by atoms with Gasteiger partial charge in [-0.15, -0.1) is 0 Å². The van der Waals surface area contributed by atoms with Gasteiger partial charge >= 0.3 is 0 Å². The second-order valence-corrected chi connectivity index (χ2v) is 7.01. The van der Waals surface area contributed by atoms with Crippen molar-refractivity contribution >= 4 is 22.8 Å². The highest BCUT2D eigenvalue weighted by Gasteiger charge is 2.25. The van der Waals surface area contributed by atoms with Crippen LogP contribution in [0.3, 0.4) is 0 Å². The molecular formula is C21H32N6. The zero-order valence-electron chi connectivity index (χ0n) is 17.1. The van der Waals surface area contributed by atoms with Crippen LogP contribution >= 0.6 is 0 Å². The van der Waals surface area contributed by atoms with Gasteiger partial charge in [0.05, 0.1) is 5.39 Å². The van der Waals surface area contributed by atoms with E-state index in [9.17, 15) is 0 Å². The van der Waals surface area contributed by atoms with E-state index in [1.807, 2.05) is 20.8 Å². The van der Waals surface area contributed by atoms with Crippen molar-refractivity contribution in [2.45, 2.75) is 53.4 Å². The lowest BCUT2D eigenvalue weighted by atomic mass is 10.2. The van der Waals surface area contributed by atoms with E-state index in [1.165, 1.54) is 24.1 Å². The average molecular weight is 369 g/mol. The fourth-order valence-electron chi connectivity index (χ4n) is 3.74. The number of rotatable bonds is 4. The van der Waals surface area contributed by atoms with Crippen molar-refractivity contribution in [1.29, 1.82) is 0 Å². The first-order valence-corrected chi connectivity index (χ1v) is 10.3. The van der Waals surface area contributed by atoms with Gasteiger partial charge in [-0.3, -0.25) is 5.10 Å². The third-order valence-electron chi connectivity index (χ3n) is 5.01. The van der Waals surface area contributed by atoms with Gasteiger partial charge in [0.25, 0.3) is 0 Å². The maximum Gasteiger partial charge on any atom is 0.229 e. The monoisotopic (exact) mass is 368 g/mol. The summed E-state index contributed by atoms with van der Waals surface area (Å²) in [6.45, 7) is 12.2. The number of hydrogen-bond acceptors (Lipinski definition) is 5. The third-order valence-corrected chi connectivity index (χ3v) is 5.01. The molecule has 0 aromatic carbocycles. The van der Waals surface area contributed by atoms with Gasteiger partial charge in [-0.2, -0.15) is 15.1 Å². The molecule has 0 bridgehead atoms. The minimum absolute atomic E-state index is 0.809. The summed E-state index contributed by atoms with van der Waals surface area (Å²) in [5, 5.41) is 8.78. The van der Waals surface area contributed by atoms with Crippen LogP contribution in [0.1, 0.15) is 52.7 Å². The Morgan fingerprint density at radius 3 is 2.63 bits per heavy atom. The van der Waals surface area contributed by atoms with E-state index in [0.717, 1.165) is 61.8 Å². The number of aromatic nitrogens is 4. The number of H-pyrrole nitrogens is 1. The fraction of sp³-hybridized carbons (Fsp3) is 0.571. The van der Waals surface area contributed by atoms with Gasteiger partial charge in [0.2, 0.25) is 5.95 Å². The third kappa shape index (κ3) is 4.15. The number of nitrogens with zero attached hydrogens (tertiary/aromatic N) is 5. The Balaban J connectivity index is 0.00000102. The van der Waals surface area contributed by atoms with Crippen LogP contribution in [-0.4, -0.2) is 46.3 Å². The summed E-state index contributed by atoms with van der Waals surface area (Å²) >= 11 is 0. The lowest BCUT2D eigenvalue weighted by molar-refractivity contribution is 0.745. The Labute approximate surface area is 162 Å². The summed E-state index contributed by atoms with van der Waals surface area (Å²) in [5.41, 5.74) is 3.32. The maximum atomic E-state index is 5.00. The molecule has 2 aliphatic rings. The van der Waals surface area contributed by atoms with Gasteiger partial charge in [-0.05, 0) is 39.5 Å². The van der Waals surface area contributed by atoms with Crippen LogP contribution in [0.2, 0.25) is 0 Å². The fourth-order valence-corrected chi connectivity index (χ4v) is 3.74. The molecular weight excluding hydrogens is 336 g/mol. The first-order valence-electron chi connectivity index (χ1n) is 10.3. The Kier molecular flexibility index (Phi) is 6.48. The highest BCUT2D eigenvalue weighted by molar-refractivity contribution is 5.91. The van der Waals surface area contributed by atoms with Gasteiger partial charge < -0.3 is 9.80 Å². The highest BCUT2D eigenvalue weighted by Crippen LogP contribution is 2.32. The lowest BCUT2D eigenvalue weighted by Crippen LogP contribution is -2.28. The van der Waals surface area contributed by atoms with Gasteiger partial charge in [0.15, 0.2) is 5.65 Å². The molecule has 2 aliphatic heterocycles. The van der Waals surface area contributed by atoms with E-state index in [4.69, 9.17) is 9.97 Å². The van der Waals surface area contributed by atoms with E-state index < -0.39 is 0 Å².